The molecule has 2 bridgehead atoms. The summed E-state index contributed by atoms with van der Waals surface area (Å²) in [7, 11) is 0. The van der Waals surface area contributed by atoms with E-state index >= 15 is 0 Å². The van der Waals surface area contributed by atoms with Crippen LogP contribution in [0.15, 0.2) is 6.07 Å². The van der Waals surface area contributed by atoms with Crippen LogP contribution in [0.5, 0.6) is 0 Å². The molecule has 0 amide bonds. The average Bonchev–Trinajstić information content (AvgIpc) is 3.02. The van der Waals surface area contributed by atoms with Crippen LogP contribution >= 0.6 is 0 Å². The molecule has 100 valence electrons. The normalized spacial score (nSPS) is 32.1. The van der Waals surface area contributed by atoms with Gasteiger partial charge in [0.05, 0.1) is 17.5 Å². The summed E-state index contributed by atoms with van der Waals surface area (Å²) in [6.07, 6.45) is 6.21. The summed E-state index contributed by atoms with van der Waals surface area (Å²) in [5.74, 6) is 2.60. The predicted octanol–water partition coefficient (Wildman–Crippen LogP) is 3.07. The molecule has 1 N–H and O–H groups in total. The number of fused-ring (bicyclic) bond motifs is 2. The van der Waals surface area contributed by atoms with E-state index in [4.69, 9.17) is 0 Å². The van der Waals surface area contributed by atoms with Gasteiger partial charge in [-0.05, 0) is 63.4 Å². The molecule has 2 aliphatic carbocycles. The molecule has 3 nitrogen and oxygen atoms in total. The van der Waals surface area contributed by atoms with Crippen LogP contribution in [0.3, 0.4) is 0 Å². The number of aromatic nitrogens is 2. The van der Waals surface area contributed by atoms with E-state index in [1.807, 2.05) is 17.7 Å². The van der Waals surface area contributed by atoms with Crippen LogP contribution < -0.4 is 0 Å². The SMILES string of the molecule is CCn1nc(C)cc1C(O)CC1CC2CCC1C2. The Balaban J connectivity index is 1.69. The molecule has 0 spiro atoms. The smallest absolute Gasteiger partial charge is 0.0959 e. The number of aliphatic hydroxyl groups is 1. The monoisotopic (exact) mass is 248 g/mol. The maximum atomic E-state index is 10.5. The first-order chi connectivity index (χ1) is 8.67. The molecule has 1 aromatic heterocycles. The van der Waals surface area contributed by atoms with E-state index in [2.05, 4.69) is 12.0 Å². The van der Waals surface area contributed by atoms with Crippen molar-refractivity contribution in [2.24, 2.45) is 17.8 Å². The third kappa shape index (κ3) is 2.09. The van der Waals surface area contributed by atoms with Gasteiger partial charge in [-0.1, -0.05) is 6.42 Å². The predicted molar refractivity (Wildman–Crippen MR) is 71.2 cm³/mol. The number of aliphatic hydroxyl groups excluding tert-OH is 1. The minimum absolute atomic E-state index is 0.324. The summed E-state index contributed by atoms with van der Waals surface area (Å²) in [5, 5.41) is 14.9. The Hall–Kier alpha value is -0.830. The van der Waals surface area contributed by atoms with Crippen LogP contribution in [0.1, 0.15) is 56.5 Å². The summed E-state index contributed by atoms with van der Waals surface area (Å²) >= 11 is 0. The molecule has 1 aromatic rings. The zero-order valence-electron chi connectivity index (χ0n) is 11.5. The van der Waals surface area contributed by atoms with Gasteiger partial charge in [-0.3, -0.25) is 4.68 Å². The first-order valence-electron chi connectivity index (χ1n) is 7.39. The Morgan fingerprint density at radius 2 is 2.28 bits per heavy atom. The highest BCUT2D eigenvalue weighted by Gasteiger charge is 2.40. The summed E-state index contributed by atoms with van der Waals surface area (Å²) < 4.78 is 1.95. The van der Waals surface area contributed by atoms with Gasteiger partial charge in [0.15, 0.2) is 0 Å². The fraction of sp³-hybridized carbons (Fsp3) is 0.800. The van der Waals surface area contributed by atoms with Gasteiger partial charge >= 0.3 is 0 Å². The lowest BCUT2D eigenvalue weighted by molar-refractivity contribution is 0.117. The van der Waals surface area contributed by atoms with Gasteiger partial charge < -0.3 is 5.11 Å². The van der Waals surface area contributed by atoms with Crippen molar-refractivity contribution < 1.29 is 5.11 Å². The topological polar surface area (TPSA) is 38.0 Å². The third-order valence-electron chi connectivity index (χ3n) is 4.98. The van der Waals surface area contributed by atoms with E-state index in [1.165, 1.54) is 25.7 Å². The zero-order valence-corrected chi connectivity index (χ0v) is 11.5. The van der Waals surface area contributed by atoms with E-state index < -0.39 is 0 Å². The van der Waals surface area contributed by atoms with Crippen LogP contribution in [-0.2, 0) is 6.54 Å². The summed E-state index contributed by atoms with van der Waals surface area (Å²) in [5.41, 5.74) is 2.02. The molecule has 0 saturated heterocycles. The van der Waals surface area contributed by atoms with Gasteiger partial charge in [-0.2, -0.15) is 5.10 Å². The lowest BCUT2D eigenvalue weighted by Gasteiger charge is -2.24. The molecule has 18 heavy (non-hydrogen) atoms. The van der Waals surface area contributed by atoms with Crippen molar-refractivity contribution in [3.8, 4) is 0 Å². The standard InChI is InChI=1S/C15H24N2O/c1-3-17-14(6-10(2)16-17)15(18)9-13-8-11-4-5-12(13)7-11/h6,11-13,15,18H,3-5,7-9H2,1-2H3. The maximum Gasteiger partial charge on any atom is 0.0959 e. The fourth-order valence-corrected chi connectivity index (χ4v) is 4.16. The second-order valence-electron chi connectivity index (χ2n) is 6.21. The number of hydrogen-bond acceptors (Lipinski definition) is 2. The molecule has 0 aliphatic heterocycles. The van der Waals surface area contributed by atoms with Gasteiger partial charge in [0.1, 0.15) is 0 Å². The fourth-order valence-electron chi connectivity index (χ4n) is 4.16. The largest absolute Gasteiger partial charge is 0.387 e. The Morgan fingerprint density at radius 1 is 1.44 bits per heavy atom. The highest BCUT2D eigenvalue weighted by molar-refractivity contribution is 5.12. The lowest BCUT2D eigenvalue weighted by Crippen LogP contribution is -2.16. The van der Waals surface area contributed by atoms with Gasteiger partial charge in [0, 0.05) is 6.54 Å². The van der Waals surface area contributed by atoms with Crippen LogP contribution in [0.4, 0.5) is 0 Å². The molecular weight excluding hydrogens is 224 g/mol. The summed E-state index contributed by atoms with van der Waals surface area (Å²) in [6.45, 7) is 4.93. The van der Waals surface area contributed by atoms with Gasteiger partial charge in [-0.15, -0.1) is 0 Å². The Bertz CT molecular complexity index is 426. The molecule has 3 rings (SSSR count). The minimum Gasteiger partial charge on any atom is -0.387 e. The van der Waals surface area contributed by atoms with E-state index in [0.717, 1.165) is 42.1 Å². The van der Waals surface area contributed by atoms with Crippen molar-refractivity contribution in [3.63, 3.8) is 0 Å². The second kappa shape index (κ2) is 4.69. The summed E-state index contributed by atoms with van der Waals surface area (Å²) in [4.78, 5) is 0. The number of aryl methyl sites for hydroxylation is 2. The Kier molecular flexibility index (Phi) is 3.18. The van der Waals surface area contributed by atoms with E-state index in [-0.39, 0.29) is 6.10 Å². The molecule has 0 aromatic carbocycles. The zero-order chi connectivity index (χ0) is 12.7. The van der Waals surface area contributed by atoms with E-state index in [1.54, 1.807) is 0 Å². The molecule has 4 atom stereocenters. The van der Waals surface area contributed by atoms with Crippen molar-refractivity contribution in [2.45, 2.75) is 58.6 Å². The Morgan fingerprint density at radius 3 is 2.89 bits per heavy atom. The van der Waals surface area contributed by atoms with Crippen molar-refractivity contribution in [3.05, 3.63) is 17.5 Å². The minimum atomic E-state index is -0.324. The van der Waals surface area contributed by atoms with Crippen LogP contribution in [-0.4, -0.2) is 14.9 Å². The van der Waals surface area contributed by atoms with Gasteiger partial charge in [0.25, 0.3) is 0 Å². The highest BCUT2D eigenvalue weighted by Crippen LogP contribution is 2.50. The number of rotatable bonds is 4. The number of nitrogens with zero attached hydrogens (tertiary/aromatic N) is 2. The molecule has 2 aliphatic rings. The van der Waals surface area contributed by atoms with Gasteiger partial charge in [0.2, 0.25) is 0 Å². The first-order valence-corrected chi connectivity index (χ1v) is 7.39. The molecule has 4 unspecified atom stereocenters. The van der Waals surface area contributed by atoms with Crippen molar-refractivity contribution in [1.29, 1.82) is 0 Å². The van der Waals surface area contributed by atoms with E-state index in [9.17, 15) is 5.11 Å². The third-order valence-corrected chi connectivity index (χ3v) is 4.98. The average molecular weight is 248 g/mol. The van der Waals surface area contributed by atoms with Crippen molar-refractivity contribution in [2.75, 3.05) is 0 Å². The summed E-state index contributed by atoms with van der Waals surface area (Å²) in [6, 6.07) is 2.04. The molecule has 0 radical (unpaired) electrons. The molecule has 3 heteroatoms. The quantitative estimate of drug-likeness (QED) is 0.889. The van der Waals surface area contributed by atoms with E-state index in [0.29, 0.717) is 0 Å². The van der Waals surface area contributed by atoms with Gasteiger partial charge in [-0.25, -0.2) is 0 Å². The Labute approximate surface area is 109 Å². The molecule has 2 fully saturated rings. The van der Waals surface area contributed by atoms with Crippen molar-refractivity contribution >= 4 is 0 Å². The molecule has 1 heterocycles. The van der Waals surface area contributed by atoms with Crippen LogP contribution in [0.2, 0.25) is 0 Å². The molecule has 2 saturated carbocycles. The lowest BCUT2D eigenvalue weighted by atomic mass is 9.84. The van der Waals surface area contributed by atoms with Crippen molar-refractivity contribution in [1.82, 2.24) is 9.78 Å². The first kappa shape index (κ1) is 12.2. The number of hydrogen-bond donors (Lipinski definition) is 1. The highest BCUT2D eigenvalue weighted by atomic mass is 16.3. The second-order valence-corrected chi connectivity index (χ2v) is 6.21. The molecular formula is C15H24N2O. The van der Waals surface area contributed by atoms with Crippen LogP contribution in [0.25, 0.3) is 0 Å². The van der Waals surface area contributed by atoms with Crippen LogP contribution in [0, 0.1) is 24.7 Å². The maximum absolute atomic E-state index is 10.5.